The van der Waals surface area contributed by atoms with Gasteiger partial charge in [-0.15, -0.1) is 0 Å². The third kappa shape index (κ3) is 4.91. The summed E-state index contributed by atoms with van der Waals surface area (Å²) in [6, 6.07) is 5.85. The topological polar surface area (TPSA) is 84.2 Å². The van der Waals surface area contributed by atoms with Crippen LogP contribution in [0, 0.1) is 12.7 Å². The van der Waals surface area contributed by atoms with Gasteiger partial charge in [0, 0.05) is 24.7 Å². The van der Waals surface area contributed by atoms with Crippen LogP contribution in [-0.4, -0.2) is 33.3 Å². The van der Waals surface area contributed by atoms with Crippen molar-refractivity contribution < 1.29 is 19.1 Å². The van der Waals surface area contributed by atoms with Crippen molar-refractivity contribution in [1.29, 1.82) is 0 Å². The van der Waals surface area contributed by atoms with Gasteiger partial charge < -0.3 is 10.4 Å². The Kier molecular flexibility index (Phi) is 6.06. The minimum atomic E-state index is -0.805. The lowest BCUT2D eigenvalue weighted by Gasteiger charge is -2.04. The highest BCUT2D eigenvalue weighted by atomic mass is 19.1. The summed E-state index contributed by atoms with van der Waals surface area (Å²) >= 11 is 0. The summed E-state index contributed by atoms with van der Waals surface area (Å²) in [6.45, 7) is 2.26. The number of benzene rings is 1. The second-order valence-corrected chi connectivity index (χ2v) is 5.54. The van der Waals surface area contributed by atoms with Crippen molar-refractivity contribution in [3.05, 3.63) is 47.5 Å². The number of amides is 1. The summed E-state index contributed by atoms with van der Waals surface area (Å²) in [5, 5.41) is 15.6. The van der Waals surface area contributed by atoms with Crippen molar-refractivity contribution in [2.75, 3.05) is 6.54 Å². The molecule has 1 amide bonds. The van der Waals surface area contributed by atoms with E-state index < -0.39 is 5.97 Å². The number of nitrogens with zero attached hydrogens (tertiary/aromatic N) is 2. The Balaban J connectivity index is 1.88. The van der Waals surface area contributed by atoms with Gasteiger partial charge in [-0.25, -0.2) is 9.07 Å². The van der Waals surface area contributed by atoms with Crippen molar-refractivity contribution in [3.8, 4) is 5.69 Å². The normalized spacial score (nSPS) is 10.6. The number of unbranched alkanes of at least 4 members (excludes halogenated alkanes) is 2. The SMILES string of the molecule is Cc1cn(-c2ccc(F)cc2)nc1C(=O)NCCCCCC(=O)O. The van der Waals surface area contributed by atoms with E-state index in [0.29, 0.717) is 24.3 Å². The smallest absolute Gasteiger partial charge is 0.303 e. The summed E-state index contributed by atoms with van der Waals surface area (Å²) in [7, 11) is 0. The largest absolute Gasteiger partial charge is 0.481 e. The van der Waals surface area contributed by atoms with Gasteiger partial charge in [0.2, 0.25) is 0 Å². The van der Waals surface area contributed by atoms with E-state index in [1.165, 1.54) is 16.8 Å². The highest BCUT2D eigenvalue weighted by molar-refractivity contribution is 5.93. The zero-order chi connectivity index (χ0) is 17.5. The van der Waals surface area contributed by atoms with Crippen molar-refractivity contribution in [3.63, 3.8) is 0 Å². The zero-order valence-electron chi connectivity index (χ0n) is 13.5. The lowest BCUT2D eigenvalue weighted by molar-refractivity contribution is -0.137. The number of aryl methyl sites for hydroxylation is 1. The van der Waals surface area contributed by atoms with E-state index in [9.17, 15) is 14.0 Å². The van der Waals surface area contributed by atoms with Gasteiger partial charge in [0.15, 0.2) is 5.69 Å². The lowest BCUT2D eigenvalue weighted by atomic mass is 10.2. The predicted molar refractivity (Wildman–Crippen MR) is 86.7 cm³/mol. The number of aliphatic carboxylic acids is 1. The molecule has 0 fully saturated rings. The molecule has 128 valence electrons. The third-order valence-electron chi connectivity index (χ3n) is 3.56. The molecular formula is C17H20FN3O3. The minimum Gasteiger partial charge on any atom is -0.481 e. The van der Waals surface area contributed by atoms with E-state index in [4.69, 9.17) is 5.11 Å². The van der Waals surface area contributed by atoms with Crippen LogP contribution in [0.15, 0.2) is 30.5 Å². The molecule has 0 radical (unpaired) electrons. The van der Waals surface area contributed by atoms with E-state index in [1.807, 2.05) is 0 Å². The van der Waals surface area contributed by atoms with Crippen LogP contribution in [0.5, 0.6) is 0 Å². The molecule has 0 aliphatic rings. The molecule has 24 heavy (non-hydrogen) atoms. The van der Waals surface area contributed by atoms with Crippen LogP contribution in [0.1, 0.15) is 41.7 Å². The molecule has 1 heterocycles. The number of rotatable bonds is 8. The molecule has 7 heteroatoms. The molecule has 0 aliphatic heterocycles. The van der Waals surface area contributed by atoms with Gasteiger partial charge in [-0.3, -0.25) is 9.59 Å². The lowest BCUT2D eigenvalue weighted by Crippen LogP contribution is -2.25. The summed E-state index contributed by atoms with van der Waals surface area (Å²) in [6.07, 6.45) is 3.93. The van der Waals surface area contributed by atoms with Crippen LogP contribution in [0.25, 0.3) is 5.69 Å². The second kappa shape index (κ2) is 8.24. The molecule has 0 saturated carbocycles. The molecule has 0 saturated heterocycles. The molecular weight excluding hydrogens is 313 g/mol. The monoisotopic (exact) mass is 333 g/mol. The van der Waals surface area contributed by atoms with Crippen molar-refractivity contribution >= 4 is 11.9 Å². The van der Waals surface area contributed by atoms with Crippen LogP contribution < -0.4 is 5.32 Å². The first-order valence-electron chi connectivity index (χ1n) is 7.79. The maximum absolute atomic E-state index is 13.0. The molecule has 0 spiro atoms. The molecule has 1 aromatic heterocycles. The van der Waals surface area contributed by atoms with Gasteiger partial charge in [-0.2, -0.15) is 5.10 Å². The molecule has 0 aliphatic carbocycles. The molecule has 2 N–H and O–H groups in total. The molecule has 2 aromatic rings. The Morgan fingerprint density at radius 2 is 1.92 bits per heavy atom. The van der Waals surface area contributed by atoms with E-state index in [2.05, 4.69) is 10.4 Å². The van der Waals surface area contributed by atoms with Crippen molar-refractivity contribution in [2.24, 2.45) is 0 Å². The second-order valence-electron chi connectivity index (χ2n) is 5.54. The number of carboxylic acids is 1. The summed E-state index contributed by atoms with van der Waals surface area (Å²) in [5.41, 5.74) is 1.72. The van der Waals surface area contributed by atoms with Crippen LogP contribution in [-0.2, 0) is 4.79 Å². The number of nitrogens with one attached hydrogen (secondary N) is 1. The number of carboxylic acid groups (broad SMARTS) is 1. The Morgan fingerprint density at radius 1 is 1.21 bits per heavy atom. The Hall–Kier alpha value is -2.70. The Labute approximate surface area is 139 Å². The van der Waals surface area contributed by atoms with E-state index >= 15 is 0 Å². The van der Waals surface area contributed by atoms with E-state index in [0.717, 1.165) is 18.4 Å². The zero-order valence-corrected chi connectivity index (χ0v) is 13.5. The average molecular weight is 333 g/mol. The van der Waals surface area contributed by atoms with Gasteiger partial charge in [-0.1, -0.05) is 6.42 Å². The average Bonchev–Trinajstić information content (AvgIpc) is 2.93. The number of hydrogen-bond donors (Lipinski definition) is 2. The summed E-state index contributed by atoms with van der Waals surface area (Å²) in [5.74, 6) is -1.41. The number of carbonyl (C=O) groups excluding carboxylic acids is 1. The number of aromatic nitrogens is 2. The fourth-order valence-electron chi connectivity index (χ4n) is 2.27. The first-order chi connectivity index (χ1) is 11.5. The van der Waals surface area contributed by atoms with Crippen LogP contribution >= 0.6 is 0 Å². The van der Waals surface area contributed by atoms with Gasteiger partial charge in [0.1, 0.15) is 5.82 Å². The van der Waals surface area contributed by atoms with Crippen LogP contribution in [0.4, 0.5) is 4.39 Å². The van der Waals surface area contributed by atoms with Gasteiger partial charge in [-0.05, 0) is 44.0 Å². The standard InChI is InChI=1S/C17H20FN3O3/c1-12-11-21(14-8-6-13(18)7-9-14)20-16(12)17(24)19-10-4-2-3-5-15(22)23/h6-9,11H,2-5,10H2,1H3,(H,19,24)(H,22,23). The number of halogens is 1. The van der Waals surface area contributed by atoms with E-state index in [1.54, 1.807) is 25.3 Å². The third-order valence-corrected chi connectivity index (χ3v) is 3.56. The van der Waals surface area contributed by atoms with Crippen LogP contribution in [0.2, 0.25) is 0 Å². The molecule has 6 nitrogen and oxygen atoms in total. The van der Waals surface area contributed by atoms with Gasteiger partial charge in [0.25, 0.3) is 5.91 Å². The maximum Gasteiger partial charge on any atom is 0.303 e. The molecule has 0 atom stereocenters. The first-order valence-corrected chi connectivity index (χ1v) is 7.79. The molecule has 2 rings (SSSR count). The maximum atomic E-state index is 13.0. The molecule has 0 bridgehead atoms. The Bertz CT molecular complexity index is 710. The fraction of sp³-hybridized carbons (Fsp3) is 0.353. The highest BCUT2D eigenvalue weighted by Crippen LogP contribution is 2.12. The van der Waals surface area contributed by atoms with Gasteiger partial charge >= 0.3 is 5.97 Å². The van der Waals surface area contributed by atoms with Crippen LogP contribution in [0.3, 0.4) is 0 Å². The van der Waals surface area contributed by atoms with Crippen molar-refractivity contribution in [2.45, 2.75) is 32.6 Å². The highest BCUT2D eigenvalue weighted by Gasteiger charge is 2.14. The number of carbonyl (C=O) groups is 2. The Morgan fingerprint density at radius 3 is 2.58 bits per heavy atom. The molecule has 1 aromatic carbocycles. The first kappa shape index (κ1) is 17.7. The summed E-state index contributed by atoms with van der Waals surface area (Å²) in [4.78, 5) is 22.6. The van der Waals surface area contributed by atoms with Gasteiger partial charge in [0.05, 0.1) is 5.69 Å². The number of hydrogen-bond acceptors (Lipinski definition) is 3. The molecule has 0 unspecified atom stereocenters. The predicted octanol–water partition coefficient (Wildman–Crippen LogP) is 2.69. The van der Waals surface area contributed by atoms with Crippen molar-refractivity contribution in [1.82, 2.24) is 15.1 Å². The quantitative estimate of drug-likeness (QED) is 0.728. The minimum absolute atomic E-state index is 0.148. The summed E-state index contributed by atoms with van der Waals surface area (Å²) < 4.78 is 14.5. The van der Waals surface area contributed by atoms with E-state index in [-0.39, 0.29) is 18.1 Å². The fourth-order valence-corrected chi connectivity index (χ4v) is 2.27.